The van der Waals surface area contributed by atoms with E-state index < -0.39 is 31.6 Å². The first-order valence-corrected chi connectivity index (χ1v) is 6.19. The molecule has 0 saturated carbocycles. The zero-order valence-corrected chi connectivity index (χ0v) is 11.7. The third-order valence-electron chi connectivity index (χ3n) is 1.58. The van der Waals surface area contributed by atoms with Gasteiger partial charge in [0, 0.05) is 4.90 Å². The SMILES string of the molecule is O=S([O-])c1ccc(S(=O)(=O)C(F)F)cc1.[Na+]. The van der Waals surface area contributed by atoms with Gasteiger partial charge in [-0.15, -0.1) is 0 Å². The number of hydrogen-bond acceptors (Lipinski definition) is 4. The van der Waals surface area contributed by atoms with E-state index in [9.17, 15) is 26.0 Å². The summed E-state index contributed by atoms with van der Waals surface area (Å²) in [4.78, 5) is -0.769. The fourth-order valence-corrected chi connectivity index (χ4v) is 1.92. The molecule has 4 nitrogen and oxygen atoms in total. The molecule has 0 aliphatic rings. The third-order valence-corrected chi connectivity index (χ3v) is 3.63. The summed E-state index contributed by atoms with van der Waals surface area (Å²) in [6, 6.07) is 3.54. The Kier molecular flexibility index (Phi) is 6.23. The van der Waals surface area contributed by atoms with E-state index in [0.717, 1.165) is 24.3 Å². The Morgan fingerprint density at radius 2 is 1.62 bits per heavy atom. The first-order valence-electron chi connectivity index (χ1n) is 3.57. The molecule has 0 saturated heterocycles. The van der Waals surface area contributed by atoms with E-state index >= 15 is 0 Å². The van der Waals surface area contributed by atoms with Gasteiger partial charge in [0.2, 0.25) is 9.84 Å². The van der Waals surface area contributed by atoms with Gasteiger partial charge in [0.1, 0.15) is 0 Å². The van der Waals surface area contributed by atoms with E-state index in [-0.39, 0.29) is 34.5 Å². The Balaban J connectivity index is 0.00000225. The van der Waals surface area contributed by atoms with Gasteiger partial charge in [0.25, 0.3) is 0 Å². The molecule has 16 heavy (non-hydrogen) atoms. The quantitative estimate of drug-likeness (QED) is 0.470. The Labute approximate surface area is 116 Å². The number of halogens is 2. The van der Waals surface area contributed by atoms with E-state index in [1.165, 1.54) is 0 Å². The standard InChI is InChI=1S/C7H6F2O4S2.Na/c8-7(9)15(12,13)6-3-1-5(2-4-6)14(10)11;/h1-4,7H,(H,10,11);/q;+1/p-1. The Bertz CT molecular complexity index is 472. The first-order chi connectivity index (χ1) is 6.85. The minimum Gasteiger partial charge on any atom is -0.768 e. The van der Waals surface area contributed by atoms with Crippen LogP contribution in [-0.4, -0.2) is 22.9 Å². The minimum atomic E-state index is -4.65. The summed E-state index contributed by atoms with van der Waals surface area (Å²) in [7, 11) is -4.65. The molecule has 9 heteroatoms. The van der Waals surface area contributed by atoms with Gasteiger partial charge in [-0.3, -0.25) is 4.21 Å². The molecule has 0 heterocycles. The van der Waals surface area contributed by atoms with Gasteiger partial charge in [0.05, 0.1) is 4.90 Å². The average Bonchev–Trinajstić information content (AvgIpc) is 2.17. The summed E-state index contributed by atoms with van der Waals surface area (Å²) in [6.07, 6.45) is 0. The Hall–Kier alpha value is 0.140. The van der Waals surface area contributed by atoms with Crippen molar-refractivity contribution in [3.63, 3.8) is 0 Å². The molecule has 1 atom stereocenters. The van der Waals surface area contributed by atoms with Crippen LogP contribution in [0.5, 0.6) is 0 Å². The van der Waals surface area contributed by atoms with Gasteiger partial charge in [-0.2, -0.15) is 8.78 Å². The summed E-state index contributed by atoms with van der Waals surface area (Å²) in [5.74, 6) is -3.51. The molecule has 0 aliphatic heterocycles. The van der Waals surface area contributed by atoms with Crippen molar-refractivity contribution in [1.82, 2.24) is 0 Å². The van der Waals surface area contributed by atoms with Crippen molar-refractivity contribution >= 4 is 20.9 Å². The molecule has 1 rings (SSSR count). The maximum Gasteiger partial charge on any atom is 1.00 e. The van der Waals surface area contributed by atoms with Gasteiger partial charge < -0.3 is 4.55 Å². The van der Waals surface area contributed by atoms with E-state index in [2.05, 4.69) is 0 Å². The number of benzene rings is 1. The van der Waals surface area contributed by atoms with Crippen molar-refractivity contribution in [1.29, 1.82) is 0 Å². The van der Waals surface area contributed by atoms with Crippen LogP contribution in [-0.2, 0) is 20.9 Å². The van der Waals surface area contributed by atoms with Crippen molar-refractivity contribution < 1.29 is 55.5 Å². The fourth-order valence-electron chi connectivity index (χ4n) is 0.843. The van der Waals surface area contributed by atoms with Crippen LogP contribution in [0.15, 0.2) is 34.1 Å². The smallest absolute Gasteiger partial charge is 0.768 e. The topological polar surface area (TPSA) is 74.3 Å². The Morgan fingerprint density at radius 3 is 1.94 bits per heavy atom. The molecule has 0 fully saturated rings. The van der Waals surface area contributed by atoms with Crippen LogP contribution in [0.25, 0.3) is 0 Å². The van der Waals surface area contributed by atoms with Crippen LogP contribution < -0.4 is 29.6 Å². The molecular formula is C7H5F2NaO4S2. The zero-order chi connectivity index (χ0) is 11.6. The molecular weight excluding hydrogens is 273 g/mol. The molecule has 0 amide bonds. The van der Waals surface area contributed by atoms with E-state index in [1.807, 2.05) is 0 Å². The third kappa shape index (κ3) is 3.57. The van der Waals surface area contributed by atoms with Crippen molar-refractivity contribution in [3.05, 3.63) is 24.3 Å². The van der Waals surface area contributed by atoms with Crippen molar-refractivity contribution in [2.75, 3.05) is 0 Å². The van der Waals surface area contributed by atoms with E-state index in [0.29, 0.717) is 0 Å². The molecule has 84 valence electrons. The number of sulfone groups is 1. The van der Waals surface area contributed by atoms with Crippen LogP contribution in [0.2, 0.25) is 0 Å². The van der Waals surface area contributed by atoms with Crippen LogP contribution in [0, 0.1) is 0 Å². The van der Waals surface area contributed by atoms with E-state index in [1.54, 1.807) is 0 Å². The number of hydrogen-bond donors (Lipinski definition) is 0. The van der Waals surface area contributed by atoms with Gasteiger partial charge in [-0.1, -0.05) is 0 Å². The zero-order valence-electron chi connectivity index (χ0n) is 8.09. The summed E-state index contributed by atoms with van der Waals surface area (Å²) >= 11 is -2.51. The van der Waals surface area contributed by atoms with Gasteiger partial charge >= 0.3 is 35.3 Å². The monoisotopic (exact) mass is 278 g/mol. The number of alkyl halides is 2. The second-order valence-corrected chi connectivity index (χ2v) is 5.37. The van der Waals surface area contributed by atoms with Crippen molar-refractivity contribution in [3.8, 4) is 0 Å². The molecule has 1 aromatic carbocycles. The molecule has 1 unspecified atom stereocenters. The van der Waals surface area contributed by atoms with Crippen LogP contribution in [0.3, 0.4) is 0 Å². The first kappa shape index (κ1) is 16.1. The molecule has 0 N–H and O–H groups in total. The predicted octanol–water partition coefficient (Wildman–Crippen LogP) is -2.08. The van der Waals surface area contributed by atoms with Crippen LogP contribution in [0.4, 0.5) is 8.78 Å². The van der Waals surface area contributed by atoms with Crippen LogP contribution >= 0.6 is 0 Å². The van der Waals surface area contributed by atoms with Crippen molar-refractivity contribution in [2.45, 2.75) is 15.5 Å². The summed E-state index contributed by atoms with van der Waals surface area (Å²) < 4.78 is 66.7. The maximum absolute atomic E-state index is 12.0. The predicted molar refractivity (Wildman–Crippen MR) is 46.8 cm³/mol. The molecule has 0 spiro atoms. The Morgan fingerprint density at radius 1 is 1.19 bits per heavy atom. The molecule has 0 aliphatic carbocycles. The summed E-state index contributed by atoms with van der Waals surface area (Å²) in [5.41, 5.74) is 0. The molecule has 0 bridgehead atoms. The minimum absolute atomic E-state index is 0. The maximum atomic E-state index is 12.0. The van der Waals surface area contributed by atoms with Gasteiger partial charge in [-0.25, -0.2) is 8.42 Å². The molecule has 1 aromatic rings. The summed E-state index contributed by atoms with van der Waals surface area (Å²) in [6.45, 7) is 0. The normalized spacial score (nSPS) is 13.2. The van der Waals surface area contributed by atoms with Crippen LogP contribution in [0.1, 0.15) is 0 Å². The molecule has 0 aromatic heterocycles. The second kappa shape index (κ2) is 6.18. The van der Waals surface area contributed by atoms with Crippen molar-refractivity contribution in [2.24, 2.45) is 0 Å². The fraction of sp³-hybridized carbons (Fsp3) is 0.143. The second-order valence-electron chi connectivity index (χ2n) is 2.51. The average molecular weight is 278 g/mol. The largest absolute Gasteiger partial charge is 1.00 e. The van der Waals surface area contributed by atoms with E-state index in [4.69, 9.17) is 0 Å². The molecule has 0 radical (unpaired) electrons. The summed E-state index contributed by atoms with van der Waals surface area (Å²) in [5, 5.41) is 0. The van der Waals surface area contributed by atoms with Gasteiger partial charge in [-0.05, 0) is 35.3 Å². The van der Waals surface area contributed by atoms with Gasteiger partial charge in [0.15, 0.2) is 0 Å². The number of rotatable bonds is 3.